The van der Waals surface area contributed by atoms with E-state index in [1.807, 2.05) is 30.4 Å². The highest BCUT2D eigenvalue weighted by Gasteiger charge is 2.09. The first-order valence-electron chi connectivity index (χ1n) is 5.76. The maximum Gasteiger partial charge on any atom is 0.115 e. The van der Waals surface area contributed by atoms with Gasteiger partial charge in [-0.15, -0.1) is 6.58 Å². The molecule has 1 aliphatic carbocycles. The molecule has 17 heavy (non-hydrogen) atoms. The second-order valence-corrected chi connectivity index (χ2v) is 4.08. The summed E-state index contributed by atoms with van der Waals surface area (Å²) in [5, 5.41) is 9.86. The fourth-order valence-electron chi connectivity index (χ4n) is 1.95. The molecule has 1 N–H and O–H groups in total. The molecule has 86 valence electrons. The van der Waals surface area contributed by atoms with Crippen LogP contribution in [0.1, 0.15) is 18.4 Å². The van der Waals surface area contributed by atoms with Crippen LogP contribution in [0.25, 0.3) is 5.57 Å². The molecule has 0 unspecified atom stereocenters. The van der Waals surface area contributed by atoms with Gasteiger partial charge in [0, 0.05) is 0 Å². The molecule has 0 amide bonds. The van der Waals surface area contributed by atoms with Crippen LogP contribution in [-0.2, 0) is 0 Å². The summed E-state index contributed by atoms with van der Waals surface area (Å²) in [6.45, 7) is 3.73. The molecule has 1 heteroatoms. The molecule has 1 aromatic rings. The molecule has 2 rings (SSSR count). The summed E-state index contributed by atoms with van der Waals surface area (Å²) in [7, 11) is 0. The molecule has 1 nitrogen and oxygen atoms in total. The second kappa shape index (κ2) is 5.35. The average Bonchev–Trinajstić information content (AvgIpc) is 2.54. The van der Waals surface area contributed by atoms with Gasteiger partial charge in [0.1, 0.15) is 5.76 Å². The minimum atomic E-state index is 0.368. The topological polar surface area (TPSA) is 20.2 Å². The van der Waals surface area contributed by atoms with Crippen LogP contribution >= 0.6 is 0 Å². The molecular formula is C16H16O. The van der Waals surface area contributed by atoms with Gasteiger partial charge < -0.3 is 5.11 Å². The van der Waals surface area contributed by atoms with Gasteiger partial charge in [-0.2, -0.15) is 0 Å². The summed E-state index contributed by atoms with van der Waals surface area (Å²) in [6, 6.07) is 10.2. The number of hydrogen-bond donors (Lipinski definition) is 1. The third-order valence-electron chi connectivity index (χ3n) is 2.85. The lowest BCUT2D eigenvalue weighted by Crippen LogP contribution is -1.91. The summed E-state index contributed by atoms with van der Waals surface area (Å²) < 4.78 is 0. The summed E-state index contributed by atoms with van der Waals surface area (Å²) in [5.41, 5.74) is 3.44. The summed E-state index contributed by atoms with van der Waals surface area (Å²) in [4.78, 5) is 0. The molecule has 0 heterocycles. The number of aliphatic hydroxyl groups is 1. The van der Waals surface area contributed by atoms with Gasteiger partial charge in [0.2, 0.25) is 0 Å². The normalized spacial score (nSPS) is 15.4. The Balaban J connectivity index is 2.31. The van der Waals surface area contributed by atoms with Gasteiger partial charge in [-0.1, -0.05) is 48.6 Å². The maximum absolute atomic E-state index is 9.86. The van der Waals surface area contributed by atoms with Crippen molar-refractivity contribution in [1.82, 2.24) is 0 Å². The molecule has 0 radical (unpaired) electrons. The van der Waals surface area contributed by atoms with Crippen LogP contribution in [0.5, 0.6) is 0 Å². The highest BCUT2D eigenvalue weighted by Crippen LogP contribution is 2.28. The van der Waals surface area contributed by atoms with Crippen molar-refractivity contribution in [3.63, 3.8) is 0 Å². The van der Waals surface area contributed by atoms with E-state index in [9.17, 15) is 5.11 Å². The Morgan fingerprint density at radius 2 is 2.00 bits per heavy atom. The van der Waals surface area contributed by atoms with E-state index in [-0.39, 0.29) is 0 Å². The molecule has 0 saturated carbocycles. The zero-order chi connectivity index (χ0) is 12.1. The number of rotatable bonds is 3. The molecule has 0 spiro atoms. The van der Waals surface area contributed by atoms with Crippen LogP contribution in [0.4, 0.5) is 0 Å². The van der Waals surface area contributed by atoms with Gasteiger partial charge in [0.15, 0.2) is 0 Å². The third kappa shape index (κ3) is 2.76. The van der Waals surface area contributed by atoms with Crippen LogP contribution in [0.15, 0.2) is 72.5 Å². The van der Waals surface area contributed by atoms with E-state index >= 15 is 0 Å². The van der Waals surface area contributed by atoms with Crippen LogP contribution in [0, 0.1) is 0 Å². The number of hydrogen-bond acceptors (Lipinski definition) is 1. The molecule has 0 fully saturated rings. The smallest absolute Gasteiger partial charge is 0.115 e. The summed E-state index contributed by atoms with van der Waals surface area (Å²) in [6.07, 6.45) is 9.02. The Bertz CT molecular complexity index is 490. The molecule has 0 saturated heterocycles. The van der Waals surface area contributed by atoms with Crippen LogP contribution in [-0.4, -0.2) is 5.11 Å². The number of aliphatic hydroxyl groups excluding tert-OH is 1. The first-order valence-corrected chi connectivity index (χ1v) is 5.76. The number of allylic oxidation sites excluding steroid dienone is 6. The first kappa shape index (κ1) is 11.5. The molecule has 1 aromatic carbocycles. The lowest BCUT2D eigenvalue weighted by atomic mass is 9.97. The van der Waals surface area contributed by atoms with Gasteiger partial charge >= 0.3 is 0 Å². The highest BCUT2D eigenvalue weighted by atomic mass is 16.3. The summed E-state index contributed by atoms with van der Waals surface area (Å²) in [5.74, 6) is 0.368. The Hall–Kier alpha value is -2.02. The van der Waals surface area contributed by atoms with Crippen LogP contribution in [0.3, 0.4) is 0 Å². The highest BCUT2D eigenvalue weighted by molar-refractivity contribution is 5.70. The van der Waals surface area contributed by atoms with Gasteiger partial charge in [-0.3, -0.25) is 0 Å². The van der Waals surface area contributed by atoms with Gasteiger partial charge in [-0.05, 0) is 35.6 Å². The summed E-state index contributed by atoms with van der Waals surface area (Å²) >= 11 is 0. The Kier molecular flexibility index (Phi) is 3.61. The van der Waals surface area contributed by atoms with Gasteiger partial charge in [0.05, 0.1) is 0 Å². The van der Waals surface area contributed by atoms with Crippen LogP contribution in [0.2, 0.25) is 0 Å². The Labute approximate surface area is 102 Å². The molecule has 0 bridgehead atoms. The molecular weight excluding hydrogens is 208 g/mol. The predicted molar refractivity (Wildman–Crippen MR) is 72.6 cm³/mol. The van der Waals surface area contributed by atoms with Crippen molar-refractivity contribution in [2.24, 2.45) is 0 Å². The van der Waals surface area contributed by atoms with Crippen molar-refractivity contribution in [2.75, 3.05) is 0 Å². The fourth-order valence-corrected chi connectivity index (χ4v) is 1.95. The van der Waals surface area contributed by atoms with Crippen molar-refractivity contribution in [3.8, 4) is 0 Å². The Morgan fingerprint density at radius 3 is 2.71 bits per heavy atom. The lowest BCUT2D eigenvalue weighted by Gasteiger charge is -2.09. The molecule has 0 aliphatic heterocycles. The fraction of sp³-hybridized carbons (Fsp3) is 0.125. The van der Waals surface area contributed by atoms with Crippen molar-refractivity contribution in [2.45, 2.75) is 12.8 Å². The van der Waals surface area contributed by atoms with Crippen molar-refractivity contribution in [3.05, 3.63) is 78.1 Å². The third-order valence-corrected chi connectivity index (χ3v) is 2.85. The van der Waals surface area contributed by atoms with Crippen molar-refractivity contribution >= 4 is 5.57 Å². The molecule has 1 aliphatic rings. The van der Waals surface area contributed by atoms with E-state index in [1.54, 1.807) is 6.08 Å². The minimum absolute atomic E-state index is 0.368. The zero-order valence-corrected chi connectivity index (χ0v) is 9.76. The Morgan fingerprint density at radius 1 is 1.24 bits per heavy atom. The average molecular weight is 224 g/mol. The minimum Gasteiger partial charge on any atom is -0.508 e. The van der Waals surface area contributed by atoms with Crippen LogP contribution < -0.4 is 0 Å². The first-order chi connectivity index (χ1) is 8.31. The standard InChI is InChI=1S/C16H16O/c1-2-7-15-12-14(10-6-11-16(15)17)13-8-4-3-5-9-13/h2-6,8-11,17H,1,7,12H2. The maximum atomic E-state index is 9.86. The molecule has 0 atom stereocenters. The second-order valence-electron chi connectivity index (χ2n) is 4.08. The largest absolute Gasteiger partial charge is 0.508 e. The van der Waals surface area contributed by atoms with E-state index in [4.69, 9.17) is 0 Å². The lowest BCUT2D eigenvalue weighted by molar-refractivity contribution is 0.423. The van der Waals surface area contributed by atoms with Crippen molar-refractivity contribution in [1.29, 1.82) is 0 Å². The van der Waals surface area contributed by atoms with E-state index in [2.05, 4.69) is 24.8 Å². The SMILES string of the molecule is C=CCC1=C(O)C=CC=C(c2ccccc2)C1. The monoisotopic (exact) mass is 224 g/mol. The molecule has 0 aromatic heterocycles. The van der Waals surface area contributed by atoms with E-state index in [0.717, 1.165) is 18.4 Å². The van der Waals surface area contributed by atoms with Gasteiger partial charge in [0.25, 0.3) is 0 Å². The van der Waals surface area contributed by atoms with Crippen molar-refractivity contribution < 1.29 is 5.11 Å². The van der Waals surface area contributed by atoms with E-state index in [0.29, 0.717) is 5.76 Å². The number of benzene rings is 1. The predicted octanol–water partition coefficient (Wildman–Crippen LogP) is 4.42. The van der Waals surface area contributed by atoms with E-state index < -0.39 is 0 Å². The van der Waals surface area contributed by atoms with Gasteiger partial charge in [-0.25, -0.2) is 0 Å². The zero-order valence-electron chi connectivity index (χ0n) is 9.76. The van der Waals surface area contributed by atoms with E-state index in [1.165, 1.54) is 11.1 Å². The quantitative estimate of drug-likeness (QED) is 0.753.